The van der Waals surface area contributed by atoms with Crippen molar-refractivity contribution in [3.63, 3.8) is 0 Å². The van der Waals surface area contributed by atoms with Gasteiger partial charge in [0, 0.05) is 11.1 Å². The lowest BCUT2D eigenvalue weighted by molar-refractivity contribution is 0.360. The van der Waals surface area contributed by atoms with E-state index < -0.39 is 0 Å². The van der Waals surface area contributed by atoms with Gasteiger partial charge in [0.25, 0.3) is 0 Å². The Morgan fingerprint density at radius 3 is 2.24 bits per heavy atom. The molecule has 1 aromatic rings. The van der Waals surface area contributed by atoms with E-state index in [-0.39, 0.29) is 5.54 Å². The van der Waals surface area contributed by atoms with Crippen molar-refractivity contribution in [2.75, 3.05) is 7.11 Å². The van der Waals surface area contributed by atoms with E-state index in [0.717, 1.165) is 5.56 Å². The van der Waals surface area contributed by atoms with Crippen molar-refractivity contribution in [3.05, 3.63) is 41.6 Å². The van der Waals surface area contributed by atoms with Gasteiger partial charge in [-0.05, 0) is 20.8 Å². The summed E-state index contributed by atoms with van der Waals surface area (Å²) in [5, 5.41) is 12.4. The van der Waals surface area contributed by atoms with E-state index >= 15 is 0 Å². The number of nitrogens with zero attached hydrogens (tertiary/aromatic N) is 1. The number of methoxy groups -OCH3 is 1. The molecule has 0 bridgehead atoms. The summed E-state index contributed by atoms with van der Waals surface area (Å²) in [5.74, 6) is 0.572. The third kappa shape index (κ3) is 3.84. The van der Waals surface area contributed by atoms with Crippen LogP contribution in [0.15, 0.2) is 36.0 Å². The zero-order valence-electron chi connectivity index (χ0n) is 10.7. The number of ether oxygens (including phenoxy) is 1. The highest BCUT2D eigenvalue weighted by Crippen LogP contribution is 2.19. The summed E-state index contributed by atoms with van der Waals surface area (Å²) in [6, 6.07) is 11.8. The maximum Gasteiger partial charge on any atom is 0.160 e. The van der Waals surface area contributed by atoms with Crippen LogP contribution in [0.3, 0.4) is 0 Å². The maximum atomic E-state index is 9.20. The Balaban J connectivity index is 3.17. The summed E-state index contributed by atoms with van der Waals surface area (Å²) in [7, 11) is 1.57. The molecule has 0 unspecified atom stereocenters. The highest BCUT2D eigenvalue weighted by molar-refractivity contribution is 5.66. The number of benzene rings is 1. The first-order valence-electron chi connectivity index (χ1n) is 5.50. The largest absolute Gasteiger partial charge is 0.493 e. The molecule has 0 spiro atoms. The Kier molecular flexibility index (Phi) is 4.17. The van der Waals surface area contributed by atoms with Crippen LogP contribution in [0.4, 0.5) is 0 Å². The van der Waals surface area contributed by atoms with Crippen molar-refractivity contribution >= 4 is 5.76 Å². The van der Waals surface area contributed by atoms with Gasteiger partial charge in [-0.2, -0.15) is 5.26 Å². The number of nitriles is 1. The van der Waals surface area contributed by atoms with Crippen LogP contribution in [0.2, 0.25) is 0 Å². The quantitative estimate of drug-likeness (QED) is 0.641. The van der Waals surface area contributed by atoms with Gasteiger partial charge in [0.2, 0.25) is 0 Å². The lowest BCUT2D eigenvalue weighted by Crippen LogP contribution is -2.35. The second-order valence-electron chi connectivity index (χ2n) is 4.76. The van der Waals surface area contributed by atoms with Crippen LogP contribution < -0.4 is 5.32 Å². The van der Waals surface area contributed by atoms with Crippen molar-refractivity contribution in [2.24, 2.45) is 0 Å². The Morgan fingerprint density at radius 2 is 1.82 bits per heavy atom. The van der Waals surface area contributed by atoms with E-state index in [0.29, 0.717) is 11.5 Å². The van der Waals surface area contributed by atoms with Crippen LogP contribution in [-0.4, -0.2) is 12.6 Å². The molecule has 0 saturated carbocycles. The van der Waals surface area contributed by atoms with E-state index in [9.17, 15) is 5.26 Å². The zero-order valence-corrected chi connectivity index (χ0v) is 10.7. The third-order valence-electron chi connectivity index (χ3n) is 2.08. The Bertz CT molecular complexity index is 436. The lowest BCUT2D eigenvalue weighted by atomic mass is 10.1. The molecule has 17 heavy (non-hydrogen) atoms. The van der Waals surface area contributed by atoms with E-state index in [4.69, 9.17) is 4.74 Å². The molecule has 0 amide bonds. The summed E-state index contributed by atoms with van der Waals surface area (Å²) in [4.78, 5) is 0. The van der Waals surface area contributed by atoms with Gasteiger partial charge in [-0.1, -0.05) is 30.3 Å². The van der Waals surface area contributed by atoms with Gasteiger partial charge < -0.3 is 10.1 Å². The van der Waals surface area contributed by atoms with Crippen molar-refractivity contribution in [3.8, 4) is 6.07 Å². The minimum atomic E-state index is -0.177. The maximum absolute atomic E-state index is 9.20. The summed E-state index contributed by atoms with van der Waals surface area (Å²) >= 11 is 0. The average molecular weight is 230 g/mol. The van der Waals surface area contributed by atoms with Crippen molar-refractivity contribution < 1.29 is 4.74 Å². The molecule has 0 radical (unpaired) electrons. The fourth-order valence-electron chi connectivity index (χ4n) is 1.46. The van der Waals surface area contributed by atoms with Crippen molar-refractivity contribution in [1.29, 1.82) is 5.26 Å². The summed E-state index contributed by atoms with van der Waals surface area (Å²) in [5.41, 5.74) is 1.17. The van der Waals surface area contributed by atoms with Crippen LogP contribution in [-0.2, 0) is 4.74 Å². The predicted octanol–water partition coefficient (Wildman–Crippen LogP) is 2.91. The molecule has 1 N–H and O–H groups in total. The summed E-state index contributed by atoms with van der Waals surface area (Å²) in [6.07, 6.45) is 0. The number of nitrogens with one attached hydrogen (secondary N) is 1. The van der Waals surface area contributed by atoms with Gasteiger partial charge in [-0.3, -0.25) is 0 Å². The Morgan fingerprint density at radius 1 is 1.24 bits per heavy atom. The highest BCUT2D eigenvalue weighted by Gasteiger charge is 2.16. The second-order valence-corrected chi connectivity index (χ2v) is 4.76. The van der Waals surface area contributed by atoms with E-state index in [1.54, 1.807) is 7.11 Å². The third-order valence-corrected chi connectivity index (χ3v) is 2.08. The molecule has 90 valence electrons. The Hall–Kier alpha value is -1.95. The van der Waals surface area contributed by atoms with Crippen LogP contribution in [0.5, 0.6) is 0 Å². The molecule has 0 aliphatic carbocycles. The first kappa shape index (κ1) is 13.1. The highest BCUT2D eigenvalue weighted by atomic mass is 16.5. The molecule has 1 aromatic carbocycles. The molecule has 0 atom stereocenters. The molecule has 0 saturated heterocycles. The number of hydrogen-bond acceptors (Lipinski definition) is 3. The zero-order chi connectivity index (χ0) is 12.9. The molecular weight excluding hydrogens is 212 g/mol. The fourth-order valence-corrected chi connectivity index (χ4v) is 1.46. The molecular formula is C14H18N2O. The monoisotopic (exact) mass is 230 g/mol. The molecule has 1 rings (SSSR count). The fraction of sp³-hybridized carbons (Fsp3) is 0.357. The first-order valence-corrected chi connectivity index (χ1v) is 5.50. The van der Waals surface area contributed by atoms with Gasteiger partial charge >= 0.3 is 0 Å². The average Bonchev–Trinajstić information content (AvgIpc) is 2.28. The number of hydrogen-bond donors (Lipinski definition) is 1. The minimum absolute atomic E-state index is 0.177. The molecule has 0 aliphatic heterocycles. The number of rotatable bonds is 3. The van der Waals surface area contributed by atoms with Gasteiger partial charge in [-0.15, -0.1) is 0 Å². The summed E-state index contributed by atoms with van der Waals surface area (Å²) < 4.78 is 5.33. The van der Waals surface area contributed by atoms with Gasteiger partial charge in [0.1, 0.15) is 6.07 Å². The van der Waals surface area contributed by atoms with Crippen LogP contribution in [0.1, 0.15) is 26.3 Å². The smallest absolute Gasteiger partial charge is 0.160 e. The molecule has 0 fully saturated rings. The summed E-state index contributed by atoms with van der Waals surface area (Å²) in [6.45, 7) is 6.01. The standard InChI is InChI=1S/C14H18N2O/c1-14(2,3)16-12(10-15)13(17-4)11-8-6-5-7-9-11/h5-9,16H,1-4H3/b13-12-. The van der Waals surface area contributed by atoms with Gasteiger partial charge in [0.05, 0.1) is 7.11 Å². The van der Waals surface area contributed by atoms with Crippen LogP contribution in [0, 0.1) is 11.3 Å². The van der Waals surface area contributed by atoms with E-state index in [2.05, 4.69) is 11.4 Å². The molecule has 3 heteroatoms. The predicted molar refractivity (Wildman–Crippen MR) is 68.9 cm³/mol. The Labute approximate surface area is 103 Å². The first-order chi connectivity index (χ1) is 7.98. The SMILES string of the molecule is CO/C(=C(/C#N)NC(C)(C)C)c1ccccc1. The molecule has 3 nitrogen and oxygen atoms in total. The molecule has 0 aliphatic rings. The second kappa shape index (κ2) is 5.40. The molecule has 0 aromatic heterocycles. The number of allylic oxidation sites excluding steroid dienone is 1. The van der Waals surface area contributed by atoms with Crippen molar-refractivity contribution in [2.45, 2.75) is 26.3 Å². The van der Waals surface area contributed by atoms with Gasteiger partial charge in [-0.25, -0.2) is 0 Å². The van der Waals surface area contributed by atoms with Crippen LogP contribution >= 0.6 is 0 Å². The lowest BCUT2D eigenvalue weighted by Gasteiger charge is -2.22. The van der Waals surface area contributed by atoms with Crippen LogP contribution in [0.25, 0.3) is 5.76 Å². The van der Waals surface area contributed by atoms with Gasteiger partial charge in [0.15, 0.2) is 11.5 Å². The van der Waals surface area contributed by atoms with Crippen molar-refractivity contribution in [1.82, 2.24) is 5.32 Å². The van der Waals surface area contributed by atoms with E-state index in [1.807, 2.05) is 51.1 Å². The topological polar surface area (TPSA) is 45.0 Å². The van der Waals surface area contributed by atoms with E-state index in [1.165, 1.54) is 0 Å². The normalized spacial score (nSPS) is 12.4. The minimum Gasteiger partial charge on any atom is -0.493 e. The molecule has 0 heterocycles.